The van der Waals surface area contributed by atoms with E-state index in [1.165, 1.54) is 0 Å². The van der Waals surface area contributed by atoms with Gasteiger partial charge in [-0.05, 0) is 18.6 Å². The summed E-state index contributed by atoms with van der Waals surface area (Å²) < 4.78 is 0.899. The van der Waals surface area contributed by atoms with Crippen molar-refractivity contribution in [2.75, 3.05) is 13.1 Å². The molecule has 1 aliphatic heterocycles. The van der Waals surface area contributed by atoms with Crippen LogP contribution < -0.4 is 10.6 Å². The molecule has 1 aromatic rings. The van der Waals surface area contributed by atoms with Gasteiger partial charge in [-0.15, -0.1) is 0 Å². The van der Waals surface area contributed by atoms with Gasteiger partial charge in [-0.1, -0.05) is 28.1 Å². The molecule has 2 atom stereocenters. The predicted molar refractivity (Wildman–Crippen MR) is 77.0 cm³/mol. The van der Waals surface area contributed by atoms with Crippen molar-refractivity contribution in [3.05, 3.63) is 34.3 Å². The summed E-state index contributed by atoms with van der Waals surface area (Å²) in [7, 11) is 0. The van der Waals surface area contributed by atoms with Crippen LogP contribution >= 0.6 is 15.9 Å². The van der Waals surface area contributed by atoms with Crippen molar-refractivity contribution in [3.63, 3.8) is 0 Å². The first-order chi connectivity index (χ1) is 9.60. The molecular formula is C14H14BrN3O2. The Kier molecular flexibility index (Phi) is 4.88. The third-order valence-corrected chi connectivity index (χ3v) is 3.75. The number of hydrogen-bond acceptors (Lipinski definition) is 4. The summed E-state index contributed by atoms with van der Waals surface area (Å²) in [4.78, 5) is 23.7. The van der Waals surface area contributed by atoms with E-state index in [0.29, 0.717) is 18.5 Å². The standard InChI is InChI=1S/C14H14BrN3O2/c15-11-3-1-10(2-4-11)13(19)8-18-14(20)12-5-9(6-16)7-17-12/h1-4,9,12,17H,5,7-8H2,(H,18,20)/t9-,12+/m1/s1. The molecule has 20 heavy (non-hydrogen) atoms. The molecule has 1 aromatic carbocycles. The first kappa shape index (κ1) is 14.7. The number of nitriles is 1. The van der Waals surface area contributed by atoms with Gasteiger partial charge in [0.1, 0.15) is 0 Å². The second-order valence-corrected chi connectivity index (χ2v) is 5.59. The second kappa shape index (κ2) is 6.64. The molecule has 1 aliphatic rings. The van der Waals surface area contributed by atoms with Crippen molar-refractivity contribution in [2.24, 2.45) is 5.92 Å². The molecule has 6 heteroatoms. The fourth-order valence-electron chi connectivity index (χ4n) is 2.06. The topological polar surface area (TPSA) is 82.0 Å². The number of benzene rings is 1. The summed E-state index contributed by atoms with van der Waals surface area (Å²) in [5, 5.41) is 14.4. The first-order valence-electron chi connectivity index (χ1n) is 6.29. The molecule has 104 valence electrons. The molecule has 0 unspecified atom stereocenters. The Morgan fingerprint density at radius 1 is 1.40 bits per heavy atom. The molecule has 0 aromatic heterocycles. The largest absolute Gasteiger partial charge is 0.347 e. The van der Waals surface area contributed by atoms with Crippen molar-refractivity contribution < 1.29 is 9.59 Å². The quantitative estimate of drug-likeness (QED) is 0.811. The van der Waals surface area contributed by atoms with Gasteiger partial charge in [0.25, 0.3) is 0 Å². The minimum absolute atomic E-state index is 0.0319. The molecule has 2 rings (SSSR count). The van der Waals surface area contributed by atoms with Gasteiger partial charge < -0.3 is 10.6 Å². The van der Waals surface area contributed by atoms with Crippen molar-refractivity contribution in [1.82, 2.24) is 10.6 Å². The number of carbonyl (C=O) groups excluding carboxylic acids is 2. The van der Waals surface area contributed by atoms with Gasteiger partial charge in [-0.3, -0.25) is 9.59 Å². The van der Waals surface area contributed by atoms with Crippen molar-refractivity contribution >= 4 is 27.6 Å². The maximum Gasteiger partial charge on any atom is 0.237 e. The molecule has 2 N–H and O–H groups in total. The Morgan fingerprint density at radius 3 is 2.70 bits per heavy atom. The van der Waals surface area contributed by atoms with Crippen LogP contribution in [0, 0.1) is 17.2 Å². The van der Waals surface area contributed by atoms with Gasteiger partial charge in [0, 0.05) is 16.6 Å². The molecule has 0 bridgehead atoms. The van der Waals surface area contributed by atoms with Crippen LogP contribution in [-0.4, -0.2) is 30.8 Å². The monoisotopic (exact) mass is 335 g/mol. The number of nitrogens with zero attached hydrogens (tertiary/aromatic N) is 1. The molecule has 0 spiro atoms. The molecule has 5 nitrogen and oxygen atoms in total. The van der Waals surface area contributed by atoms with Crippen molar-refractivity contribution in [3.8, 4) is 6.07 Å². The summed E-state index contributed by atoms with van der Waals surface area (Å²) in [6, 6.07) is 8.73. The molecule has 0 radical (unpaired) electrons. The third kappa shape index (κ3) is 3.65. The van der Waals surface area contributed by atoms with Gasteiger partial charge >= 0.3 is 0 Å². The van der Waals surface area contributed by atoms with Gasteiger partial charge in [0.2, 0.25) is 5.91 Å². The number of rotatable bonds is 4. The number of halogens is 1. The Bertz CT molecular complexity index is 551. The van der Waals surface area contributed by atoms with Crippen LogP contribution in [0.5, 0.6) is 0 Å². The molecule has 1 heterocycles. The van der Waals surface area contributed by atoms with E-state index in [4.69, 9.17) is 5.26 Å². The van der Waals surface area contributed by atoms with E-state index in [2.05, 4.69) is 32.6 Å². The summed E-state index contributed by atoms with van der Waals surface area (Å²) in [5.74, 6) is -0.498. The number of ketones is 1. The van der Waals surface area contributed by atoms with Crippen LogP contribution in [0.2, 0.25) is 0 Å². The van der Waals surface area contributed by atoms with Gasteiger partial charge in [-0.25, -0.2) is 0 Å². The highest BCUT2D eigenvalue weighted by molar-refractivity contribution is 9.10. The van der Waals surface area contributed by atoms with Crippen LogP contribution in [-0.2, 0) is 4.79 Å². The van der Waals surface area contributed by atoms with E-state index in [1.54, 1.807) is 24.3 Å². The molecule has 1 amide bonds. The summed E-state index contributed by atoms with van der Waals surface area (Å²) >= 11 is 3.30. The number of Topliss-reactive ketones (excluding diaryl/α,β-unsaturated/α-hetero) is 1. The van der Waals surface area contributed by atoms with E-state index in [-0.39, 0.29) is 30.2 Å². The van der Waals surface area contributed by atoms with E-state index >= 15 is 0 Å². The Balaban J connectivity index is 1.83. The highest BCUT2D eigenvalue weighted by atomic mass is 79.9. The zero-order valence-electron chi connectivity index (χ0n) is 10.7. The summed E-state index contributed by atoms with van der Waals surface area (Å²) in [6.45, 7) is 0.491. The molecular weight excluding hydrogens is 322 g/mol. The molecule has 0 saturated carbocycles. The van der Waals surface area contributed by atoms with Crippen molar-refractivity contribution in [1.29, 1.82) is 5.26 Å². The zero-order chi connectivity index (χ0) is 14.5. The predicted octanol–water partition coefficient (Wildman–Crippen LogP) is 1.25. The van der Waals surface area contributed by atoms with E-state index in [1.807, 2.05) is 0 Å². The molecule has 1 fully saturated rings. The van der Waals surface area contributed by atoms with E-state index in [9.17, 15) is 9.59 Å². The highest BCUT2D eigenvalue weighted by Crippen LogP contribution is 2.13. The normalized spacial score (nSPS) is 21.2. The molecule has 1 saturated heterocycles. The fourth-order valence-corrected chi connectivity index (χ4v) is 2.33. The van der Waals surface area contributed by atoms with E-state index < -0.39 is 0 Å². The van der Waals surface area contributed by atoms with Crippen LogP contribution in [0.25, 0.3) is 0 Å². The minimum Gasteiger partial charge on any atom is -0.347 e. The fraction of sp³-hybridized carbons (Fsp3) is 0.357. The van der Waals surface area contributed by atoms with Crippen LogP contribution in [0.15, 0.2) is 28.7 Å². The number of carbonyl (C=O) groups is 2. The SMILES string of the molecule is N#C[C@@H]1CN[C@H](C(=O)NCC(=O)c2ccc(Br)cc2)C1. The lowest BCUT2D eigenvalue weighted by Gasteiger charge is -2.10. The zero-order valence-corrected chi connectivity index (χ0v) is 12.3. The lowest BCUT2D eigenvalue weighted by atomic mass is 10.1. The average molecular weight is 336 g/mol. The second-order valence-electron chi connectivity index (χ2n) is 4.67. The number of nitrogens with one attached hydrogen (secondary N) is 2. The van der Waals surface area contributed by atoms with Gasteiger partial charge in [-0.2, -0.15) is 5.26 Å². The Labute approximate surface area is 125 Å². The lowest BCUT2D eigenvalue weighted by Crippen LogP contribution is -2.42. The first-order valence-corrected chi connectivity index (χ1v) is 7.09. The minimum atomic E-state index is -0.377. The number of hydrogen-bond donors (Lipinski definition) is 2. The van der Waals surface area contributed by atoms with Crippen molar-refractivity contribution in [2.45, 2.75) is 12.5 Å². The summed E-state index contributed by atoms with van der Waals surface area (Å²) in [6.07, 6.45) is 0.495. The maximum absolute atomic E-state index is 11.9. The smallest absolute Gasteiger partial charge is 0.237 e. The van der Waals surface area contributed by atoms with Crippen LogP contribution in [0.3, 0.4) is 0 Å². The van der Waals surface area contributed by atoms with Crippen LogP contribution in [0.1, 0.15) is 16.8 Å². The number of amides is 1. The van der Waals surface area contributed by atoms with E-state index in [0.717, 1.165) is 4.47 Å². The lowest BCUT2D eigenvalue weighted by molar-refractivity contribution is -0.122. The maximum atomic E-state index is 11.9. The van der Waals surface area contributed by atoms with Gasteiger partial charge in [0.15, 0.2) is 5.78 Å². The molecule has 0 aliphatic carbocycles. The Hall–Kier alpha value is -1.71. The average Bonchev–Trinajstić information content (AvgIpc) is 2.94. The summed E-state index contributed by atoms with van der Waals surface area (Å²) in [5.41, 5.74) is 0.558. The third-order valence-electron chi connectivity index (χ3n) is 3.22. The van der Waals surface area contributed by atoms with Gasteiger partial charge in [0.05, 0.1) is 24.6 Å². The Morgan fingerprint density at radius 2 is 2.10 bits per heavy atom. The van der Waals surface area contributed by atoms with Crippen LogP contribution in [0.4, 0.5) is 0 Å². The highest BCUT2D eigenvalue weighted by Gasteiger charge is 2.29.